The monoisotopic (exact) mass is 409 g/mol. The Kier molecular flexibility index (Phi) is 5.49. The zero-order valence-electron chi connectivity index (χ0n) is 16.3. The zero-order valence-corrected chi connectivity index (χ0v) is 17.1. The van der Waals surface area contributed by atoms with Crippen LogP contribution in [-0.2, 0) is 38.4 Å². The molecule has 1 heterocycles. The van der Waals surface area contributed by atoms with Crippen molar-refractivity contribution in [3.05, 3.63) is 51.8 Å². The number of nitrogens with zero attached hydrogens (tertiary/aromatic N) is 2. The van der Waals surface area contributed by atoms with Crippen molar-refractivity contribution in [1.82, 2.24) is 14.5 Å². The average molecular weight is 410 g/mol. The molecule has 152 valence electrons. The van der Waals surface area contributed by atoms with Crippen LogP contribution in [0.25, 0.3) is 0 Å². The van der Waals surface area contributed by atoms with Crippen molar-refractivity contribution in [1.29, 1.82) is 0 Å². The predicted molar refractivity (Wildman–Crippen MR) is 106 cm³/mol. The Balaban J connectivity index is 1.54. The minimum atomic E-state index is -4.38. The van der Waals surface area contributed by atoms with Gasteiger partial charge in [0.2, 0.25) is 0 Å². The van der Waals surface area contributed by atoms with E-state index >= 15 is 0 Å². The van der Waals surface area contributed by atoms with E-state index in [2.05, 4.69) is 35.8 Å². The van der Waals surface area contributed by atoms with Gasteiger partial charge in [-0.1, -0.05) is 44.0 Å². The van der Waals surface area contributed by atoms with Gasteiger partial charge in [-0.25, -0.2) is 0 Å². The number of rotatable bonds is 5. The molecule has 0 fully saturated rings. The molecule has 2 aliphatic rings. The van der Waals surface area contributed by atoms with Crippen LogP contribution in [0.15, 0.2) is 18.2 Å². The molecule has 4 rings (SSSR count). The fraction of sp³-hybridized carbons (Fsp3) is 0.571. The summed E-state index contributed by atoms with van der Waals surface area (Å²) in [6.45, 7) is 4.74. The lowest BCUT2D eigenvalue weighted by molar-refractivity contribution is -0.142. The summed E-state index contributed by atoms with van der Waals surface area (Å²) in [7, 11) is 0. The van der Waals surface area contributed by atoms with E-state index < -0.39 is 11.9 Å². The van der Waals surface area contributed by atoms with E-state index in [-0.39, 0.29) is 0 Å². The molecule has 2 aliphatic carbocycles. The number of nitrogens with one attached hydrogen (secondary N) is 1. The van der Waals surface area contributed by atoms with E-state index in [0.717, 1.165) is 36.9 Å². The summed E-state index contributed by atoms with van der Waals surface area (Å²) in [5.74, 6) is 0. The summed E-state index contributed by atoms with van der Waals surface area (Å²) in [4.78, 5) is 0. The smallest absolute Gasteiger partial charge is 0.264 e. The Morgan fingerprint density at radius 2 is 1.93 bits per heavy atom. The molecule has 0 spiro atoms. The van der Waals surface area contributed by atoms with Gasteiger partial charge in [0.25, 0.3) is 0 Å². The number of alkyl halides is 3. The van der Waals surface area contributed by atoms with Crippen LogP contribution in [-0.4, -0.2) is 21.1 Å². The molecule has 1 aromatic carbocycles. The summed E-state index contributed by atoms with van der Waals surface area (Å²) in [5.41, 5.74) is 4.17. The third kappa shape index (κ3) is 4.10. The fourth-order valence-corrected chi connectivity index (χ4v) is 4.92. The third-order valence-electron chi connectivity index (χ3n) is 5.53. The predicted octanol–water partition coefficient (Wildman–Crippen LogP) is 4.94. The van der Waals surface area contributed by atoms with E-state index in [0.29, 0.717) is 36.2 Å². The zero-order chi connectivity index (χ0) is 19.9. The van der Waals surface area contributed by atoms with Gasteiger partial charge in [0.15, 0.2) is 5.69 Å². The Bertz CT molecular complexity index is 857. The quantitative estimate of drug-likeness (QED) is 0.709. The van der Waals surface area contributed by atoms with Gasteiger partial charge in [0.1, 0.15) is 0 Å². The minimum Gasteiger partial charge on any atom is -0.264 e. The molecular weight excluding hydrogens is 383 g/mol. The molecule has 0 saturated heterocycles. The third-order valence-corrected chi connectivity index (χ3v) is 6.47. The van der Waals surface area contributed by atoms with E-state index in [1.54, 1.807) is 16.6 Å². The molecule has 3 nitrogen and oxygen atoms in total. The second-order valence-corrected chi connectivity index (χ2v) is 9.54. The normalized spacial score (nSPS) is 19.1. The maximum atomic E-state index is 13.4. The Labute approximate surface area is 168 Å². The largest absolute Gasteiger partial charge is 0.435 e. The molecule has 1 N–H and O–H groups in total. The van der Waals surface area contributed by atoms with Crippen molar-refractivity contribution in [3.63, 3.8) is 0 Å². The molecular formula is C21H26F3N3S. The van der Waals surface area contributed by atoms with Crippen molar-refractivity contribution in [3.8, 4) is 0 Å². The number of halogens is 3. The Hall–Kier alpha value is -1.47. The van der Waals surface area contributed by atoms with Gasteiger partial charge in [0, 0.05) is 22.5 Å². The van der Waals surface area contributed by atoms with Crippen LogP contribution in [0.5, 0.6) is 0 Å². The highest BCUT2D eigenvalue weighted by atomic mass is 32.2. The number of hydrogen-bond donors (Lipinski definition) is 1. The second-order valence-electron chi connectivity index (χ2n) is 8.13. The lowest BCUT2D eigenvalue weighted by atomic mass is 9.95. The van der Waals surface area contributed by atoms with Crippen LogP contribution in [0.4, 0.5) is 13.2 Å². The standard InChI is InChI=1S/C21H26F3N3S/c1-13(2)28-26-17-10-15-8-7-14(9-16(15)11-17)12-27-19-6-4-3-5-18(19)20(25-27)21(22,23)24/h7-9,13,17,26H,3-6,10-12H2,1-2H3. The Morgan fingerprint density at radius 1 is 1.18 bits per heavy atom. The van der Waals surface area contributed by atoms with Crippen LogP contribution in [0.3, 0.4) is 0 Å². The number of hydrogen-bond acceptors (Lipinski definition) is 3. The van der Waals surface area contributed by atoms with Crippen LogP contribution in [0, 0.1) is 0 Å². The summed E-state index contributed by atoms with van der Waals surface area (Å²) < 4.78 is 45.3. The highest BCUT2D eigenvalue weighted by Crippen LogP contribution is 2.36. The highest BCUT2D eigenvalue weighted by Gasteiger charge is 2.39. The van der Waals surface area contributed by atoms with Crippen molar-refractivity contribution in [2.45, 2.75) is 76.4 Å². The van der Waals surface area contributed by atoms with E-state index in [4.69, 9.17) is 0 Å². The van der Waals surface area contributed by atoms with E-state index in [1.807, 2.05) is 6.07 Å². The first-order chi connectivity index (χ1) is 13.3. The first-order valence-corrected chi connectivity index (χ1v) is 10.9. The Morgan fingerprint density at radius 3 is 2.68 bits per heavy atom. The topological polar surface area (TPSA) is 29.9 Å². The first-order valence-electron chi connectivity index (χ1n) is 9.99. The van der Waals surface area contributed by atoms with Crippen molar-refractivity contribution >= 4 is 11.9 Å². The molecule has 0 saturated carbocycles. The summed E-state index contributed by atoms with van der Waals surface area (Å²) >= 11 is 1.76. The van der Waals surface area contributed by atoms with Crippen LogP contribution in [0.1, 0.15) is 60.3 Å². The van der Waals surface area contributed by atoms with Crippen LogP contribution >= 0.6 is 11.9 Å². The van der Waals surface area contributed by atoms with Crippen LogP contribution in [0.2, 0.25) is 0 Å². The second kappa shape index (κ2) is 7.75. The van der Waals surface area contributed by atoms with Gasteiger partial charge >= 0.3 is 6.18 Å². The molecule has 7 heteroatoms. The maximum Gasteiger partial charge on any atom is 0.435 e. The van der Waals surface area contributed by atoms with Gasteiger partial charge in [-0.05, 0) is 55.2 Å². The minimum absolute atomic E-state index is 0.407. The number of benzene rings is 1. The van der Waals surface area contributed by atoms with Crippen molar-refractivity contribution in [2.75, 3.05) is 0 Å². The lowest BCUT2D eigenvalue weighted by Gasteiger charge is -2.15. The molecule has 0 amide bonds. The summed E-state index contributed by atoms with van der Waals surface area (Å²) in [6.07, 6.45) is 0.498. The van der Waals surface area contributed by atoms with Gasteiger partial charge in [-0.15, -0.1) is 0 Å². The molecule has 1 atom stereocenters. The lowest BCUT2D eigenvalue weighted by Crippen LogP contribution is -2.24. The van der Waals surface area contributed by atoms with E-state index in [1.165, 1.54) is 11.1 Å². The molecule has 0 radical (unpaired) electrons. The summed E-state index contributed by atoms with van der Waals surface area (Å²) in [5, 5.41) is 4.53. The van der Waals surface area contributed by atoms with Gasteiger partial charge in [-0.2, -0.15) is 18.3 Å². The molecule has 2 aromatic rings. The van der Waals surface area contributed by atoms with Gasteiger partial charge in [0.05, 0.1) is 6.54 Å². The van der Waals surface area contributed by atoms with Gasteiger partial charge < -0.3 is 0 Å². The fourth-order valence-electron chi connectivity index (χ4n) is 4.29. The SMILES string of the molecule is CC(C)SNC1Cc2ccc(Cn3nc(C(F)(F)F)c4c3CCCC4)cc2C1. The van der Waals surface area contributed by atoms with Gasteiger partial charge in [-0.3, -0.25) is 9.40 Å². The maximum absolute atomic E-state index is 13.4. The summed E-state index contributed by atoms with van der Waals surface area (Å²) in [6, 6.07) is 6.75. The first kappa shape index (κ1) is 19.8. The molecule has 0 bridgehead atoms. The number of aromatic nitrogens is 2. The highest BCUT2D eigenvalue weighted by molar-refractivity contribution is 7.98. The van der Waals surface area contributed by atoms with Crippen LogP contribution < -0.4 is 4.72 Å². The van der Waals surface area contributed by atoms with Crippen molar-refractivity contribution in [2.24, 2.45) is 0 Å². The van der Waals surface area contributed by atoms with Crippen molar-refractivity contribution < 1.29 is 13.2 Å². The molecule has 1 aromatic heterocycles. The van der Waals surface area contributed by atoms with E-state index in [9.17, 15) is 13.2 Å². The molecule has 28 heavy (non-hydrogen) atoms. The molecule has 1 unspecified atom stereocenters. The average Bonchev–Trinajstić information content (AvgIpc) is 3.21. The molecule has 0 aliphatic heterocycles. The number of fused-ring (bicyclic) bond motifs is 2.